The molecule has 3 aromatic rings. The summed E-state index contributed by atoms with van der Waals surface area (Å²) in [6.07, 6.45) is 4.54. The van der Waals surface area contributed by atoms with Crippen LogP contribution in [0.25, 0.3) is 10.4 Å². The molecule has 7 heteroatoms. The highest BCUT2D eigenvalue weighted by Crippen LogP contribution is 2.44. The number of nitrogens with one attached hydrogen (secondary N) is 2. The third-order valence-corrected chi connectivity index (χ3v) is 5.54. The molecule has 0 radical (unpaired) electrons. The van der Waals surface area contributed by atoms with E-state index in [9.17, 15) is 5.11 Å². The Balaban J connectivity index is 1.63. The van der Waals surface area contributed by atoms with E-state index in [1.54, 1.807) is 11.3 Å². The molecule has 124 valence electrons. The Morgan fingerprint density at radius 1 is 1.25 bits per heavy atom. The quantitative estimate of drug-likeness (QED) is 0.674. The predicted octanol–water partition coefficient (Wildman–Crippen LogP) is 3.66. The van der Waals surface area contributed by atoms with Crippen LogP contribution in [0.2, 0.25) is 0 Å². The van der Waals surface area contributed by atoms with Crippen LogP contribution in [0, 0.1) is 13.8 Å². The topological polar surface area (TPSA) is 86.7 Å². The van der Waals surface area contributed by atoms with Crippen molar-refractivity contribution >= 4 is 23.0 Å². The largest absolute Gasteiger partial charge is 0.383 e. The Bertz CT molecular complexity index is 881. The highest BCUT2D eigenvalue weighted by atomic mass is 32.1. The zero-order valence-electron chi connectivity index (χ0n) is 13.6. The molecular formula is C17H19N5OS. The van der Waals surface area contributed by atoms with Crippen molar-refractivity contribution in [2.45, 2.75) is 38.7 Å². The minimum Gasteiger partial charge on any atom is -0.383 e. The van der Waals surface area contributed by atoms with Crippen molar-refractivity contribution in [3.63, 3.8) is 0 Å². The van der Waals surface area contributed by atoms with Crippen molar-refractivity contribution < 1.29 is 5.11 Å². The average Bonchev–Trinajstić information content (AvgIpc) is 3.14. The van der Waals surface area contributed by atoms with Gasteiger partial charge in [-0.2, -0.15) is 4.98 Å². The van der Waals surface area contributed by atoms with Crippen molar-refractivity contribution in [3.05, 3.63) is 40.8 Å². The summed E-state index contributed by atoms with van der Waals surface area (Å²) in [6.45, 7) is 3.92. The van der Waals surface area contributed by atoms with Gasteiger partial charge in [0.15, 0.2) is 0 Å². The average molecular weight is 341 g/mol. The van der Waals surface area contributed by atoms with E-state index in [2.05, 4.69) is 50.6 Å². The first-order chi connectivity index (χ1) is 11.5. The number of H-pyrrole nitrogens is 1. The number of aryl methyl sites for hydroxylation is 2. The summed E-state index contributed by atoms with van der Waals surface area (Å²) < 4.78 is 0. The van der Waals surface area contributed by atoms with E-state index in [1.807, 2.05) is 13.1 Å². The van der Waals surface area contributed by atoms with Crippen molar-refractivity contribution in [2.24, 2.45) is 0 Å². The first-order valence-corrected chi connectivity index (χ1v) is 8.80. The third kappa shape index (κ3) is 2.81. The lowest BCUT2D eigenvalue weighted by molar-refractivity contribution is -0.0389. The second kappa shape index (κ2) is 5.68. The van der Waals surface area contributed by atoms with Crippen LogP contribution in [0.5, 0.6) is 0 Å². The maximum Gasteiger partial charge on any atom is 0.246 e. The molecule has 0 spiro atoms. The zero-order valence-corrected chi connectivity index (χ0v) is 14.4. The van der Waals surface area contributed by atoms with Gasteiger partial charge in [-0.15, -0.1) is 16.4 Å². The van der Waals surface area contributed by atoms with Gasteiger partial charge in [0.05, 0.1) is 4.88 Å². The summed E-state index contributed by atoms with van der Waals surface area (Å²) in [5.74, 6) is 1.32. The first-order valence-electron chi connectivity index (χ1n) is 7.99. The van der Waals surface area contributed by atoms with E-state index < -0.39 is 5.60 Å². The maximum absolute atomic E-state index is 10.5. The van der Waals surface area contributed by atoms with E-state index in [0.29, 0.717) is 5.95 Å². The molecule has 24 heavy (non-hydrogen) atoms. The Labute approximate surface area is 144 Å². The molecule has 0 atom stereocenters. The number of aromatic nitrogens is 4. The fourth-order valence-corrected chi connectivity index (χ4v) is 3.92. The standard InChI is InChI=1S/C17H19N5OS/c1-10-6-12(8-13(7-10)20-16-19-11(2)21-22-16)14-9-18-15(24-14)17(23)4-3-5-17/h6-9,23H,3-5H2,1-2H3,(H2,19,20,21,22). The van der Waals surface area contributed by atoms with E-state index in [0.717, 1.165) is 51.8 Å². The van der Waals surface area contributed by atoms with Gasteiger partial charge in [0, 0.05) is 11.9 Å². The van der Waals surface area contributed by atoms with Gasteiger partial charge >= 0.3 is 0 Å². The molecule has 6 nitrogen and oxygen atoms in total. The number of benzene rings is 1. The number of hydrogen-bond donors (Lipinski definition) is 3. The van der Waals surface area contributed by atoms with E-state index in [4.69, 9.17) is 0 Å². The molecular weight excluding hydrogens is 322 g/mol. The Kier molecular flexibility index (Phi) is 3.62. The number of aliphatic hydroxyl groups is 1. The number of thiazole rings is 1. The van der Waals surface area contributed by atoms with Gasteiger partial charge in [0.2, 0.25) is 5.95 Å². The Morgan fingerprint density at radius 3 is 2.75 bits per heavy atom. The van der Waals surface area contributed by atoms with Crippen LogP contribution in [0.15, 0.2) is 24.4 Å². The van der Waals surface area contributed by atoms with E-state index in [-0.39, 0.29) is 0 Å². The lowest BCUT2D eigenvalue weighted by Crippen LogP contribution is -2.33. The summed E-state index contributed by atoms with van der Waals surface area (Å²) in [7, 11) is 0. The van der Waals surface area contributed by atoms with E-state index in [1.165, 1.54) is 0 Å². The number of anilines is 2. The first kappa shape index (κ1) is 15.3. The Hall–Kier alpha value is -2.25. The molecule has 0 bridgehead atoms. The molecule has 3 N–H and O–H groups in total. The molecule has 0 unspecified atom stereocenters. The highest BCUT2D eigenvalue weighted by molar-refractivity contribution is 7.15. The van der Waals surface area contributed by atoms with E-state index >= 15 is 0 Å². The summed E-state index contributed by atoms with van der Waals surface area (Å²) in [5.41, 5.74) is 2.45. The molecule has 4 rings (SSSR count). The van der Waals surface area contributed by atoms with Gasteiger partial charge in [-0.25, -0.2) is 4.98 Å². The molecule has 1 aliphatic rings. The van der Waals surface area contributed by atoms with Crippen molar-refractivity contribution in [2.75, 3.05) is 5.32 Å². The molecule has 1 aromatic carbocycles. The van der Waals surface area contributed by atoms with Gasteiger partial charge in [-0.05, 0) is 56.4 Å². The summed E-state index contributed by atoms with van der Waals surface area (Å²) in [4.78, 5) is 9.78. The molecule has 1 fully saturated rings. The van der Waals surface area contributed by atoms with Crippen LogP contribution in [0.3, 0.4) is 0 Å². The van der Waals surface area contributed by atoms with Gasteiger partial charge < -0.3 is 10.4 Å². The van der Waals surface area contributed by atoms with Crippen molar-refractivity contribution in [3.8, 4) is 10.4 Å². The molecule has 1 aliphatic carbocycles. The zero-order chi connectivity index (χ0) is 16.7. The SMILES string of the molecule is Cc1cc(Nc2n[nH]c(C)n2)cc(-c2cnc(C3(O)CCC3)s2)c1. The van der Waals surface area contributed by atoms with Gasteiger partial charge in [-0.1, -0.05) is 6.07 Å². The monoisotopic (exact) mass is 341 g/mol. The molecule has 0 saturated heterocycles. The molecule has 2 aromatic heterocycles. The van der Waals surface area contributed by atoms with Crippen LogP contribution in [0.4, 0.5) is 11.6 Å². The second-order valence-corrected chi connectivity index (χ2v) is 7.40. The molecule has 0 aliphatic heterocycles. The van der Waals surface area contributed by atoms with Crippen LogP contribution in [-0.4, -0.2) is 25.3 Å². The van der Waals surface area contributed by atoms with Crippen LogP contribution < -0.4 is 5.32 Å². The van der Waals surface area contributed by atoms with Crippen molar-refractivity contribution in [1.82, 2.24) is 20.2 Å². The highest BCUT2D eigenvalue weighted by Gasteiger charge is 2.39. The minimum absolute atomic E-state index is 0.554. The fourth-order valence-electron chi connectivity index (χ4n) is 2.87. The lowest BCUT2D eigenvalue weighted by Gasteiger charge is -2.34. The van der Waals surface area contributed by atoms with Crippen LogP contribution >= 0.6 is 11.3 Å². The van der Waals surface area contributed by atoms with Crippen molar-refractivity contribution in [1.29, 1.82) is 0 Å². The number of nitrogens with zero attached hydrogens (tertiary/aromatic N) is 3. The smallest absolute Gasteiger partial charge is 0.246 e. The Morgan fingerprint density at radius 2 is 2.08 bits per heavy atom. The minimum atomic E-state index is -0.704. The lowest BCUT2D eigenvalue weighted by atomic mass is 9.81. The summed E-state index contributed by atoms with van der Waals surface area (Å²) in [6, 6.07) is 6.23. The van der Waals surface area contributed by atoms with Gasteiger partial charge in [-0.3, -0.25) is 5.10 Å². The van der Waals surface area contributed by atoms with Gasteiger partial charge in [0.25, 0.3) is 0 Å². The fraction of sp³-hybridized carbons (Fsp3) is 0.353. The number of hydrogen-bond acceptors (Lipinski definition) is 6. The molecule has 0 amide bonds. The summed E-state index contributed by atoms with van der Waals surface area (Å²) in [5, 5.41) is 21.4. The molecule has 2 heterocycles. The number of rotatable bonds is 4. The summed E-state index contributed by atoms with van der Waals surface area (Å²) >= 11 is 1.57. The van der Waals surface area contributed by atoms with Crippen LogP contribution in [0.1, 0.15) is 35.7 Å². The third-order valence-electron chi connectivity index (χ3n) is 4.30. The second-order valence-electron chi connectivity index (χ2n) is 6.37. The van der Waals surface area contributed by atoms with Gasteiger partial charge in [0.1, 0.15) is 16.4 Å². The normalized spacial score (nSPS) is 16.0. The maximum atomic E-state index is 10.5. The molecule has 1 saturated carbocycles. The van der Waals surface area contributed by atoms with Crippen LogP contribution in [-0.2, 0) is 5.60 Å². The number of aromatic amines is 1. The predicted molar refractivity (Wildman–Crippen MR) is 94.4 cm³/mol.